The first-order valence-corrected chi connectivity index (χ1v) is 11.8. The summed E-state index contributed by atoms with van der Waals surface area (Å²) in [5, 5.41) is 0. The van der Waals surface area contributed by atoms with Crippen LogP contribution in [0.5, 0.6) is 0 Å². The van der Waals surface area contributed by atoms with Gasteiger partial charge < -0.3 is 9.47 Å². The normalized spacial score (nSPS) is 42.7. The van der Waals surface area contributed by atoms with Gasteiger partial charge in [0.25, 0.3) is 0 Å². The molecule has 5 saturated heterocycles. The monoisotopic (exact) mass is 402 g/mol. The van der Waals surface area contributed by atoms with Crippen molar-refractivity contribution in [3.8, 4) is 0 Å². The van der Waals surface area contributed by atoms with E-state index < -0.39 is 0 Å². The molecule has 156 valence electrons. The Morgan fingerprint density at radius 2 is 1.27 bits per heavy atom. The second-order valence-corrected chi connectivity index (χ2v) is 9.80. The highest BCUT2D eigenvalue weighted by Gasteiger charge is 2.62. The van der Waals surface area contributed by atoms with E-state index in [1.807, 2.05) is 0 Å². The summed E-state index contributed by atoms with van der Waals surface area (Å²) < 4.78 is 12.9. The zero-order valence-electron chi connectivity index (χ0n) is 17.3. The zero-order valence-corrected chi connectivity index (χ0v) is 17.3. The quantitative estimate of drug-likeness (QED) is 0.745. The van der Waals surface area contributed by atoms with Crippen LogP contribution in [0.2, 0.25) is 0 Å². The maximum atomic E-state index is 6.55. The van der Waals surface area contributed by atoms with Crippen molar-refractivity contribution >= 4 is 0 Å². The minimum atomic E-state index is 0.269. The lowest BCUT2D eigenvalue weighted by Crippen LogP contribution is -2.69. The molecule has 5 heterocycles. The van der Waals surface area contributed by atoms with Gasteiger partial charge in [-0.05, 0) is 42.7 Å². The van der Waals surface area contributed by atoms with E-state index in [1.165, 1.54) is 36.8 Å². The fourth-order valence-corrected chi connectivity index (χ4v) is 7.51. The molecule has 0 unspecified atom stereocenters. The maximum absolute atomic E-state index is 6.55. The van der Waals surface area contributed by atoms with Crippen molar-refractivity contribution in [2.24, 2.45) is 11.8 Å². The van der Waals surface area contributed by atoms with Gasteiger partial charge in [0.05, 0.1) is 25.3 Å². The standard InChI is InChI=1S/C26H30N2O2/c1-3-7-17(8-4-1)22-16-30-26-20-11-13-21(27(22)26)19-12-14-24-28(25(19)20)23(15-29-24)18-9-5-2-6-10-18/h1-10,19-26H,11-16H2/t19-,20+,21-,22+,23+,24+,25-,26+/m1/s1. The van der Waals surface area contributed by atoms with Crippen LogP contribution in [0.4, 0.5) is 0 Å². The first kappa shape index (κ1) is 17.9. The third-order valence-electron chi connectivity index (χ3n) is 8.59. The van der Waals surface area contributed by atoms with Gasteiger partial charge in [-0.2, -0.15) is 0 Å². The fraction of sp³-hybridized carbons (Fsp3) is 0.538. The minimum absolute atomic E-state index is 0.269. The van der Waals surface area contributed by atoms with Crippen LogP contribution >= 0.6 is 0 Å². The molecule has 5 aliphatic heterocycles. The Morgan fingerprint density at radius 1 is 0.633 bits per heavy atom. The van der Waals surface area contributed by atoms with Crippen molar-refractivity contribution < 1.29 is 9.47 Å². The molecule has 0 amide bonds. The van der Waals surface area contributed by atoms with Crippen molar-refractivity contribution in [1.82, 2.24) is 9.80 Å². The van der Waals surface area contributed by atoms with Crippen LogP contribution in [0.3, 0.4) is 0 Å². The lowest BCUT2D eigenvalue weighted by molar-refractivity contribution is -0.199. The summed E-state index contributed by atoms with van der Waals surface area (Å²) in [6, 6.07) is 24.1. The number of rotatable bonds is 2. The molecule has 8 atom stereocenters. The van der Waals surface area contributed by atoms with E-state index in [0.29, 0.717) is 30.1 Å². The molecule has 0 N–H and O–H groups in total. The molecule has 6 aliphatic rings. The number of fused-ring (bicyclic) bond motifs is 2. The molecule has 6 fully saturated rings. The Hall–Kier alpha value is -1.72. The van der Waals surface area contributed by atoms with Crippen molar-refractivity contribution in [3.05, 3.63) is 71.8 Å². The van der Waals surface area contributed by atoms with Gasteiger partial charge in [0.1, 0.15) is 12.5 Å². The molecule has 1 saturated carbocycles. The van der Waals surface area contributed by atoms with E-state index in [-0.39, 0.29) is 12.5 Å². The van der Waals surface area contributed by atoms with E-state index in [0.717, 1.165) is 19.1 Å². The molecule has 2 bridgehead atoms. The Labute approximate surface area is 178 Å². The maximum Gasteiger partial charge on any atom is 0.115 e. The number of piperidine rings is 3. The number of benzene rings is 2. The summed E-state index contributed by atoms with van der Waals surface area (Å²) in [5.41, 5.74) is 2.83. The van der Waals surface area contributed by atoms with Gasteiger partial charge in [0, 0.05) is 18.0 Å². The first-order chi connectivity index (χ1) is 14.9. The first-order valence-electron chi connectivity index (χ1n) is 11.8. The summed E-state index contributed by atoms with van der Waals surface area (Å²) in [6.45, 7) is 1.67. The van der Waals surface area contributed by atoms with Crippen molar-refractivity contribution in [2.75, 3.05) is 13.2 Å². The zero-order chi connectivity index (χ0) is 19.7. The molecular weight excluding hydrogens is 372 g/mol. The molecule has 0 aromatic heterocycles. The van der Waals surface area contributed by atoms with Gasteiger partial charge >= 0.3 is 0 Å². The molecule has 0 radical (unpaired) electrons. The van der Waals surface area contributed by atoms with Crippen molar-refractivity contribution in [3.63, 3.8) is 0 Å². The molecule has 2 aromatic carbocycles. The van der Waals surface area contributed by atoms with Gasteiger partial charge in [-0.3, -0.25) is 9.80 Å². The number of hydrogen-bond acceptors (Lipinski definition) is 4. The van der Waals surface area contributed by atoms with Crippen LogP contribution in [0.1, 0.15) is 48.9 Å². The van der Waals surface area contributed by atoms with Gasteiger partial charge in [-0.15, -0.1) is 0 Å². The fourth-order valence-electron chi connectivity index (χ4n) is 7.51. The highest BCUT2D eigenvalue weighted by atomic mass is 16.5. The average molecular weight is 403 g/mol. The molecule has 0 spiro atoms. The predicted octanol–water partition coefficient (Wildman–Crippen LogP) is 4.36. The third kappa shape index (κ3) is 2.48. The third-order valence-corrected chi connectivity index (χ3v) is 8.59. The van der Waals surface area contributed by atoms with Crippen LogP contribution in [0.25, 0.3) is 0 Å². The van der Waals surface area contributed by atoms with Crippen molar-refractivity contribution in [1.29, 1.82) is 0 Å². The van der Waals surface area contributed by atoms with E-state index in [9.17, 15) is 0 Å². The largest absolute Gasteiger partial charge is 0.361 e. The van der Waals surface area contributed by atoms with E-state index in [1.54, 1.807) is 0 Å². The highest BCUT2D eigenvalue weighted by molar-refractivity contribution is 5.25. The van der Waals surface area contributed by atoms with Crippen molar-refractivity contribution in [2.45, 2.75) is 62.3 Å². The number of hydrogen-bond donors (Lipinski definition) is 0. The van der Waals surface area contributed by atoms with Crippen LogP contribution in [-0.4, -0.2) is 47.6 Å². The molecule has 2 aromatic rings. The molecule has 8 rings (SSSR count). The molecule has 1 aliphatic carbocycles. The Morgan fingerprint density at radius 3 is 2.00 bits per heavy atom. The second kappa shape index (κ2) is 6.89. The Bertz CT molecular complexity index is 906. The summed E-state index contributed by atoms with van der Waals surface area (Å²) in [6.07, 6.45) is 5.63. The average Bonchev–Trinajstić information content (AvgIpc) is 3.46. The van der Waals surface area contributed by atoms with E-state index in [2.05, 4.69) is 70.5 Å². The smallest absolute Gasteiger partial charge is 0.115 e. The van der Waals surface area contributed by atoms with Crippen LogP contribution < -0.4 is 0 Å². The molecule has 30 heavy (non-hydrogen) atoms. The lowest BCUT2D eigenvalue weighted by Gasteiger charge is -2.62. The van der Waals surface area contributed by atoms with Crippen LogP contribution in [0, 0.1) is 11.8 Å². The van der Waals surface area contributed by atoms with Gasteiger partial charge in [-0.1, -0.05) is 60.7 Å². The van der Waals surface area contributed by atoms with Gasteiger partial charge in [-0.25, -0.2) is 0 Å². The second-order valence-electron chi connectivity index (χ2n) is 9.80. The molecular formula is C26H30N2O2. The van der Waals surface area contributed by atoms with Gasteiger partial charge in [0.15, 0.2) is 0 Å². The summed E-state index contributed by atoms with van der Waals surface area (Å²) in [7, 11) is 0. The SMILES string of the molecule is c1ccc([C@@H]2CO[C@H]3CC[C@H]4[C@H]([C@@H]5CC[C@H]4N4[C@H](c6ccccc6)CO[C@@H]54)N32)cc1. The van der Waals surface area contributed by atoms with Crippen LogP contribution in [0.15, 0.2) is 60.7 Å². The summed E-state index contributed by atoms with van der Waals surface area (Å²) in [5.74, 6) is 1.32. The Balaban J connectivity index is 1.24. The lowest BCUT2D eigenvalue weighted by atomic mass is 9.63. The molecule has 4 heteroatoms. The minimum Gasteiger partial charge on any atom is -0.361 e. The van der Waals surface area contributed by atoms with E-state index >= 15 is 0 Å². The van der Waals surface area contributed by atoms with Gasteiger partial charge in [0.2, 0.25) is 0 Å². The predicted molar refractivity (Wildman–Crippen MR) is 115 cm³/mol. The topological polar surface area (TPSA) is 24.9 Å². The summed E-state index contributed by atoms with van der Waals surface area (Å²) >= 11 is 0. The van der Waals surface area contributed by atoms with E-state index in [4.69, 9.17) is 9.47 Å². The number of nitrogens with zero attached hydrogens (tertiary/aromatic N) is 2. The summed E-state index contributed by atoms with van der Waals surface area (Å²) in [4.78, 5) is 5.55. The number of ether oxygens (including phenoxy) is 2. The van der Waals surface area contributed by atoms with Crippen LogP contribution in [-0.2, 0) is 9.47 Å². The molecule has 4 nitrogen and oxygen atoms in total. The Kier molecular flexibility index (Phi) is 4.12. The highest BCUT2D eigenvalue weighted by Crippen LogP contribution is 2.57.